The van der Waals surface area contributed by atoms with Gasteiger partial charge in [0.1, 0.15) is 5.69 Å². The summed E-state index contributed by atoms with van der Waals surface area (Å²) in [6, 6.07) is 6.65. The molecule has 1 N–H and O–H groups in total. The molecule has 1 aromatic rings. The number of likely N-dealkylation sites (N-methyl/N-ethyl adjacent to an activating group) is 1. The van der Waals surface area contributed by atoms with Crippen LogP contribution in [0.1, 0.15) is 26.3 Å². The maximum atomic E-state index is 11.0. The van der Waals surface area contributed by atoms with Crippen molar-refractivity contribution in [2.45, 2.75) is 26.8 Å². The van der Waals surface area contributed by atoms with Crippen LogP contribution in [-0.4, -0.2) is 35.5 Å². The Labute approximate surface area is 119 Å². The minimum atomic E-state index is -0.467. The predicted octanol–water partition coefficient (Wildman–Crippen LogP) is 2.61. The Kier molecular flexibility index (Phi) is 5.94. The number of nitro groups is 1. The zero-order chi connectivity index (χ0) is 15.1. The second-order valence-corrected chi connectivity index (χ2v) is 4.55. The fourth-order valence-corrected chi connectivity index (χ4v) is 2.14. The maximum absolute atomic E-state index is 11.0. The molecule has 6 nitrogen and oxygen atoms in total. The van der Waals surface area contributed by atoms with Crippen LogP contribution in [0.15, 0.2) is 18.2 Å². The van der Waals surface area contributed by atoms with E-state index in [0.29, 0.717) is 17.8 Å². The lowest BCUT2D eigenvalue weighted by molar-refractivity contribution is -0.384. The number of nitro benzene ring substituents is 1. The first-order valence-electron chi connectivity index (χ1n) is 6.69. The summed E-state index contributed by atoms with van der Waals surface area (Å²) in [5.41, 5.74) is 0.683. The van der Waals surface area contributed by atoms with E-state index >= 15 is 0 Å². The molecule has 108 valence electrons. The lowest BCUT2D eigenvalue weighted by Crippen LogP contribution is -2.37. The van der Waals surface area contributed by atoms with Gasteiger partial charge in [-0.15, -0.1) is 0 Å². The number of nitrogens with one attached hydrogen (secondary N) is 1. The SMILES string of the molecule is CCN(CC)C(C)CNc1ccc(C#N)cc1[N+](=O)[O-]. The average Bonchev–Trinajstić information content (AvgIpc) is 2.46. The predicted molar refractivity (Wildman–Crippen MR) is 78.7 cm³/mol. The van der Waals surface area contributed by atoms with Gasteiger partial charge in [0.05, 0.1) is 16.6 Å². The third-order valence-corrected chi connectivity index (χ3v) is 3.35. The molecule has 6 heteroatoms. The van der Waals surface area contributed by atoms with Crippen LogP contribution in [0.5, 0.6) is 0 Å². The van der Waals surface area contributed by atoms with Crippen molar-refractivity contribution in [2.24, 2.45) is 0 Å². The van der Waals surface area contributed by atoms with Crippen molar-refractivity contribution >= 4 is 11.4 Å². The van der Waals surface area contributed by atoms with Crippen molar-refractivity contribution < 1.29 is 4.92 Å². The zero-order valence-electron chi connectivity index (χ0n) is 12.1. The Morgan fingerprint density at radius 2 is 2.10 bits per heavy atom. The van der Waals surface area contributed by atoms with Crippen LogP contribution in [-0.2, 0) is 0 Å². The molecule has 0 amide bonds. The van der Waals surface area contributed by atoms with Crippen molar-refractivity contribution in [1.29, 1.82) is 5.26 Å². The van der Waals surface area contributed by atoms with Crippen LogP contribution in [0.3, 0.4) is 0 Å². The van der Waals surface area contributed by atoms with E-state index in [2.05, 4.69) is 31.0 Å². The number of hydrogen-bond donors (Lipinski definition) is 1. The van der Waals surface area contributed by atoms with E-state index in [-0.39, 0.29) is 11.7 Å². The highest BCUT2D eigenvalue weighted by Crippen LogP contribution is 2.25. The third kappa shape index (κ3) is 3.93. The molecule has 1 aromatic carbocycles. The van der Waals surface area contributed by atoms with Crippen LogP contribution in [0, 0.1) is 21.4 Å². The fourth-order valence-electron chi connectivity index (χ4n) is 2.14. The van der Waals surface area contributed by atoms with Gasteiger partial charge in [-0.05, 0) is 32.1 Å². The van der Waals surface area contributed by atoms with Crippen LogP contribution in [0.2, 0.25) is 0 Å². The molecule has 0 fully saturated rings. The summed E-state index contributed by atoms with van der Waals surface area (Å²) in [5, 5.41) is 22.9. The number of benzene rings is 1. The molecule has 0 aliphatic carbocycles. The number of nitrogens with zero attached hydrogens (tertiary/aromatic N) is 3. The number of anilines is 1. The van der Waals surface area contributed by atoms with Crippen molar-refractivity contribution in [1.82, 2.24) is 4.90 Å². The second kappa shape index (κ2) is 7.46. The first-order chi connectivity index (χ1) is 9.53. The molecule has 1 unspecified atom stereocenters. The van der Waals surface area contributed by atoms with E-state index in [9.17, 15) is 10.1 Å². The number of rotatable bonds is 7. The quantitative estimate of drug-likeness (QED) is 0.611. The number of hydrogen-bond acceptors (Lipinski definition) is 5. The van der Waals surface area contributed by atoms with Gasteiger partial charge >= 0.3 is 0 Å². The molecule has 0 aromatic heterocycles. The van der Waals surface area contributed by atoms with Gasteiger partial charge in [-0.2, -0.15) is 5.26 Å². The minimum Gasteiger partial charge on any atom is -0.378 e. The Morgan fingerprint density at radius 3 is 2.60 bits per heavy atom. The fraction of sp³-hybridized carbons (Fsp3) is 0.500. The molecule has 0 radical (unpaired) electrons. The number of nitriles is 1. The first-order valence-corrected chi connectivity index (χ1v) is 6.69. The smallest absolute Gasteiger partial charge is 0.293 e. The molecule has 20 heavy (non-hydrogen) atoms. The minimum absolute atomic E-state index is 0.0594. The van der Waals surface area contributed by atoms with E-state index in [4.69, 9.17) is 5.26 Å². The highest BCUT2D eigenvalue weighted by atomic mass is 16.6. The molecule has 0 aliphatic rings. The molecule has 0 bridgehead atoms. The maximum Gasteiger partial charge on any atom is 0.293 e. The molecular formula is C14H20N4O2. The molecule has 1 atom stereocenters. The molecular weight excluding hydrogens is 256 g/mol. The summed E-state index contributed by atoms with van der Waals surface area (Å²) in [5.74, 6) is 0. The van der Waals surface area contributed by atoms with Crippen molar-refractivity contribution in [3.63, 3.8) is 0 Å². The van der Waals surface area contributed by atoms with E-state index in [0.717, 1.165) is 13.1 Å². The average molecular weight is 276 g/mol. The van der Waals surface area contributed by atoms with Gasteiger partial charge in [-0.3, -0.25) is 15.0 Å². The summed E-state index contributed by atoms with van der Waals surface area (Å²) >= 11 is 0. The van der Waals surface area contributed by atoms with Crippen molar-refractivity contribution in [2.75, 3.05) is 25.0 Å². The van der Waals surface area contributed by atoms with Gasteiger partial charge in [-0.25, -0.2) is 0 Å². The lowest BCUT2D eigenvalue weighted by Gasteiger charge is -2.26. The summed E-state index contributed by atoms with van der Waals surface area (Å²) in [6.45, 7) is 8.75. The van der Waals surface area contributed by atoms with Gasteiger partial charge in [0, 0.05) is 18.7 Å². The lowest BCUT2D eigenvalue weighted by atomic mass is 10.2. The largest absolute Gasteiger partial charge is 0.378 e. The molecule has 0 saturated heterocycles. The van der Waals surface area contributed by atoms with Gasteiger partial charge < -0.3 is 5.32 Å². The van der Waals surface area contributed by atoms with Crippen molar-refractivity contribution in [3.05, 3.63) is 33.9 Å². The first kappa shape index (κ1) is 15.9. The topological polar surface area (TPSA) is 82.2 Å². The zero-order valence-corrected chi connectivity index (χ0v) is 12.1. The third-order valence-electron chi connectivity index (χ3n) is 3.35. The highest BCUT2D eigenvalue weighted by Gasteiger charge is 2.16. The van der Waals surface area contributed by atoms with E-state index in [1.165, 1.54) is 6.07 Å². The summed E-state index contributed by atoms with van der Waals surface area (Å²) in [6.07, 6.45) is 0. The Balaban J connectivity index is 2.83. The van der Waals surface area contributed by atoms with Gasteiger partial charge in [-0.1, -0.05) is 13.8 Å². The molecule has 0 aliphatic heterocycles. The molecule has 0 saturated carbocycles. The summed E-state index contributed by atoms with van der Waals surface area (Å²) < 4.78 is 0. The molecule has 0 heterocycles. The Morgan fingerprint density at radius 1 is 1.45 bits per heavy atom. The van der Waals surface area contributed by atoms with E-state index in [1.54, 1.807) is 12.1 Å². The van der Waals surface area contributed by atoms with Gasteiger partial charge in [0.15, 0.2) is 0 Å². The van der Waals surface area contributed by atoms with Gasteiger partial charge in [0.2, 0.25) is 0 Å². The standard InChI is InChI=1S/C14H20N4O2/c1-4-17(5-2)11(3)10-16-13-7-6-12(9-15)8-14(13)18(19)20/h6-8,11,16H,4-5,10H2,1-3H3. The Bertz CT molecular complexity index is 506. The highest BCUT2D eigenvalue weighted by molar-refractivity contribution is 5.64. The van der Waals surface area contributed by atoms with E-state index in [1.807, 2.05) is 6.07 Å². The Hall–Kier alpha value is -2.13. The van der Waals surface area contributed by atoms with Crippen LogP contribution in [0.4, 0.5) is 11.4 Å². The van der Waals surface area contributed by atoms with Crippen LogP contribution >= 0.6 is 0 Å². The summed E-state index contributed by atoms with van der Waals surface area (Å²) in [7, 11) is 0. The normalized spacial score (nSPS) is 11.9. The second-order valence-electron chi connectivity index (χ2n) is 4.55. The van der Waals surface area contributed by atoms with E-state index < -0.39 is 4.92 Å². The van der Waals surface area contributed by atoms with Crippen LogP contribution in [0.25, 0.3) is 0 Å². The van der Waals surface area contributed by atoms with Crippen LogP contribution < -0.4 is 5.32 Å². The van der Waals surface area contributed by atoms with Gasteiger partial charge in [0.25, 0.3) is 5.69 Å². The monoisotopic (exact) mass is 276 g/mol. The molecule has 0 spiro atoms. The molecule has 1 rings (SSSR count). The van der Waals surface area contributed by atoms with Crippen molar-refractivity contribution in [3.8, 4) is 6.07 Å². The summed E-state index contributed by atoms with van der Waals surface area (Å²) in [4.78, 5) is 12.8.